The number of ether oxygens (including phenoxy) is 2. The smallest absolute Gasteiger partial charge is 0.344 e. The molecule has 1 aromatic heterocycles. The SMILES string of the molecule is COc1ncccc1C(=O)OC(C)C(=O)Nc1ccc(F)c([N+](=O)[O-])c1. The molecule has 0 saturated carbocycles. The van der Waals surface area contributed by atoms with Crippen LogP contribution in [0.3, 0.4) is 0 Å². The van der Waals surface area contributed by atoms with Crippen LogP contribution in [-0.4, -0.2) is 35.0 Å². The Morgan fingerprint density at radius 1 is 1.35 bits per heavy atom. The molecule has 0 saturated heterocycles. The molecule has 136 valence electrons. The average Bonchev–Trinajstić information content (AvgIpc) is 2.62. The van der Waals surface area contributed by atoms with E-state index in [2.05, 4.69) is 10.3 Å². The first-order chi connectivity index (χ1) is 12.3. The Morgan fingerprint density at radius 3 is 2.73 bits per heavy atom. The second-order valence-electron chi connectivity index (χ2n) is 5.02. The molecule has 1 atom stereocenters. The van der Waals surface area contributed by atoms with Gasteiger partial charge in [-0.15, -0.1) is 0 Å². The summed E-state index contributed by atoms with van der Waals surface area (Å²) in [7, 11) is 1.33. The summed E-state index contributed by atoms with van der Waals surface area (Å²) in [5, 5.41) is 13.0. The van der Waals surface area contributed by atoms with E-state index in [1.54, 1.807) is 0 Å². The van der Waals surface area contributed by atoms with Gasteiger partial charge in [0.15, 0.2) is 6.10 Å². The quantitative estimate of drug-likeness (QED) is 0.475. The van der Waals surface area contributed by atoms with Crippen LogP contribution in [0.15, 0.2) is 36.5 Å². The van der Waals surface area contributed by atoms with Crippen molar-refractivity contribution in [3.05, 3.63) is 58.0 Å². The lowest BCUT2D eigenvalue weighted by Crippen LogP contribution is -2.30. The number of hydrogen-bond acceptors (Lipinski definition) is 7. The number of nitrogens with one attached hydrogen (secondary N) is 1. The number of halogens is 1. The zero-order chi connectivity index (χ0) is 19.3. The summed E-state index contributed by atoms with van der Waals surface area (Å²) in [6.07, 6.45) is 0.198. The number of benzene rings is 1. The lowest BCUT2D eigenvalue weighted by atomic mass is 10.2. The number of nitro groups is 1. The zero-order valence-electron chi connectivity index (χ0n) is 13.8. The highest BCUT2D eigenvalue weighted by atomic mass is 19.1. The van der Waals surface area contributed by atoms with Gasteiger partial charge in [0.25, 0.3) is 5.91 Å². The number of aromatic nitrogens is 1. The minimum atomic E-state index is -1.23. The molecule has 2 rings (SSSR count). The van der Waals surface area contributed by atoms with E-state index in [0.29, 0.717) is 0 Å². The van der Waals surface area contributed by atoms with Crippen molar-refractivity contribution in [1.82, 2.24) is 4.98 Å². The van der Waals surface area contributed by atoms with Gasteiger partial charge in [0.1, 0.15) is 5.56 Å². The summed E-state index contributed by atoms with van der Waals surface area (Å²) in [5.41, 5.74) is -0.760. The number of carbonyl (C=O) groups excluding carboxylic acids is 2. The number of pyridine rings is 1. The average molecular weight is 363 g/mol. The third kappa shape index (κ3) is 4.29. The van der Waals surface area contributed by atoms with Crippen molar-refractivity contribution in [2.75, 3.05) is 12.4 Å². The van der Waals surface area contributed by atoms with Crippen LogP contribution in [0.5, 0.6) is 5.88 Å². The molecule has 1 heterocycles. The first-order valence-electron chi connectivity index (χ1n) is 7.28. The number of methoxy groups -OCH3 is 1. The fourth-order valence-corrected chi connectivity index (χ4v) is 1.96. The van der Waals surface area contributed by atoms with Crippen molar-refractivity contribution in [3.63, 3.8) is 0 Å². The minimum absolute atomic E-state index is 0.00930. The molecule has 0 bridgehead atoms. The number of amides is 1. The Balaban J connectivity index is 2.07. The lowest BCUT2D eigenvalue weighted by molar-refractivity contribution is -0.387. The highest BCUT2D eigenvalue weighted by Crippen LogP contribution is 2.22. The van der Waals surface area contributed by atoms with E-state index in [-0.39, 0.29) is 17.1 Å². The van der Waals surface area contributed by atoms with Crippen molar-refractivity contribution in [2.45, 2.75) is 13.0 Å². The van der Waals surface area contributed by atoms with Gasteiger partial charge >= 0.3 is 11.7 Å². The number of esters is 1. The standard InChI is InChI=1S/C16H14FN3O6/c1-9(26-16(22)11-4-3-7-18-15(11)25-2)14(21)19-10-5-6-12(17)13(8-10)20(23)24/h3-9H,1-2H3,(H,19,21). The maximum Gasteiger partial charge on any atom is 0.344 e. The molecule has 0 fully saturated rings. The fourth-order valence-electron chi connectivity index (χ4n) is 1.96. The van der Waals surface area contributed by atoms with Crippen LogP contribution in [0.2, 0.25) is 0 Å². The number of nitro benzene ring substituents is 1. The summed E-state index contributed by atoms with van der Waals surface area (Å²) in [6, 6.07) is 5.79. The largest absolute Gasteiger partial charge is 0.480 e. The molecule has 0 aliphatic rings. The van der Waals surface area contributed by atoms with E-state index in [1.165, 1.54) is 32.4 Å². The Hall–Kier alpha value is -3.56. The van der Waals surface area contributed by atoms with Crippen molar-refractivity contribution in [1.29, 1.82) is 0 Å². The molecule has 1 amide bonds. The van der Waals surface area contributed by atoms with Crippen molar-refractivity contribution >= 4 is 23.3 Å². The molecule has 0 aliphatic heterocycles. The van der Waals surface area contributed by atoms with E-state index >= 15 is 0 Å². The molecule has 0 aliphatic carbocycles. The van der Waals surface area contributed by atoms with Crippen LogP contribution in [-0.2, 0) is 9.53 Å². The van der Waals surface area contributed by atoms with Crippen LogP contribution in [0, 0.1) is 15.9 Å². The normalized spacial score (nSPS) is 11.3. The molecular weight excluding hydrogens is 349 g/mol. The molecule has 1 unspecified atom stereocenters. The van der Waals surface area contributed by atoms with Crippen LogP contribution in [0.4, 0.5) is 15.8 Å². The first-order valence-corrected chi connectivity index (χ1v) is 7.28. The van der Waals surface area contributed by atoms with Crippen LogP contribution in [0.1, 0.15) is 17.3 Å². The van der Waals surface area contributed by atoms with Gasteiger partial charge in [-0.25, -0.2) is 9.78 Å². The molecule has 0 radical (unpaired) electrons. The summed E-state index contributed by atoms with van der Waals surface area (Å²) < 4.78 is 23.3. The zero-order valence-corrected chi connectivity index (χ0v) is 13.8. The molecular formula is C16H14FN3O6. The molecule has 1 aromatic carbocycles. The molecule has 26 heavy (non-hydrogen) atoms. The molecule has 0 spiro atoms. The van der Waals surface area contributed by atoms with Gasteiger partial charge in [0, 0.05) is 18.0 Å². The highest BCUT2D eigenvalue weighted by Gasteiger charge is 2.23. The van der Waals surface area contributed by atoms with E-state index in [1.807, 2.05) is 0 Å². The predicted octanol–water partition coefficient (Wildman–Crippen LogP) is 2.32. The summed E-state index contributed by atoms with van der Waals surface area (Å²) >= 11 is 0. The Labute approximate surface area is 146 Å². The van der Waals surface area contributed by atoms with Gasteiger partial charge in [-0.1, -0.05) is 0 Å². The Morgan fingerprint density at radius 2 is 2.08 bits per heavy atom. The summed E-state index contributed by atoms with van der Waals surface area (Å²) in [6.45, 7) is 1.31. The van der Waals surface area contributed by atoms with E-state index in [0.717, 1.165) is 18.2 Å². The topological polar surface area (TPSA) is 121 Å². The van der Waals surface area contributed by atoms with Crippen molar-refractivity contribution < 1.29 is 28.4 Å². The third-order valence-electron chi connectivity index (χ3n) is 3.25. The lowest BCUT2D eigenvalue weighted by Gasteiger charge is -2.14. The van der Waals surface area contributed by atoms with Crippen molar-refractivity contribution in [2.24, 2.45) is 0 Å². The maximum absolute atomic E-state index is 13.3. The predicted molar refractivity (Wildman–Crippen MR) is 87.4 cm³/mol. The van der Waals surface area contributed by atoms with Crippen LogP contribution in [0.25, 0.3) is 0 Å². The minimum Gasteiger partial charge on any atom is -0.480 e. The van der Waals surface area contributed by atoms with Gasteiger partial charge < -0.3 is 14.8 Å². The van der Waals surface area contributed by atoms with Crippen LogP contribution >= 0.6 is 0 Å². The summed E-state index contributed by atoms with van der Waals surface area (Å²) in [4.78, 5) is 37.9. The second-order valence-corrected chi connectivity index (χ2v) is 5.02. The van der Waals surface area contributed by atoms with Gasteiger partial charge in [0.2, 0.25) is 11.7 Å². The Kier molecular flexibility index (Phi) is 5.78. The number of rotatable bonds is 6. The van der Waals surface area contributed by atoms with Gasteiger partial charge in [0.05, 0.1) is 12.0 Å². The molecule has 2 aromatic rings. The van der Waals surface area contributed by atoms with Gasteiger partial charge in [-0.3, -0.25) is 14.9 Å². The summed E-state index contributed by atoms with van der Waals surface area (Å²) in [5.74, 6) is -2.57. The highest BCUT2D eigenvalue weighted by molar-refractivity contribution is 5.98. The maximum atomic E-state index is 13.3. The van der Waals surface area contributed by atoms with E-state index in [4.69, 9.17) is 9.47 Å². The Bertz CT molecular complexity index is 858. The number of nitrogens with zero attached hydrogens (tertiary/aromatic N) is 2. The number of carbonyl (C=O) groups is 2. The fraction of sp³-hybridized carbons (Fsp3) is 0.188. The van der Waals surface area contributed by atoms with Crippen molar-refractivity contribution in [3.8, 4) is 5.88 Å². The monoisotopic (exact) mass is 363 g/mol. The van der Waals surface area contributed by atoms with E-state index in [9.17, 15) is 24.1 Å². The van der Waals surface area contributed by atoms with Gasteiger partial charge in [-0.2, -0.15) is 4.39 Å². The third-order valence-corrected chi connectivity index (χ3v) is 3.25. The number of anilines is 1. The van der Waals surface area contributed by atoms with Crippen LogP contribution < -0.4 is 10.1 Å². The van der Waals surface area contributed by atoms with Gasteiger partial charge in [-0.05, 0) is 31.2 Å². The van der Waals surface area contributed by atoms with E-state index < -0.39 is 34.4 Å². The molecule has 10 heteroatoms. The first kappa shape index (κ1) is 18.8. The second kappa shape index (κ2) is 8.01. The molecule has 1 N–H and O–H groups in total. The number of hydrogen-bond donors (Lipinski definition) is 1. The molecule has 9 nitrogen and oxygen atoms in total.